The van der Waals surface area contributed by atoms with Crippen molar-refractivity contribution in [3.63, 3.8) is 0 Å². The smallest absolute Gasteiger partial charge is 0.410 e. The molecule has 0 aliphatic carbocycles. The fourth-order valence-electron chi connectivity index (χ4n) is 3.14. The van der Waals surface area contributed by atoms with Crippen molar-refractivity contribution in [2.24, 2.45) is 5.92 Å². The summed E-state index contributed by atoms with van der Waals surface area (Å²) in [5.74, 6) is -0.334. The number of ketones is 1. The molecule has 0 radical (unpaired) electrons. The van der Waals surface area contributed by atoms with Crippen molar-refractivity contribution in [3.8, 4) is 0 Å². The molecule has 7 heteroatoms. The van der Waals surface area contributed by atoms with Gasteiger partial charge in [-0.2, -0.15) is 0 Å². The van der Waals surface area contributed by atoms with Crippen LogP contribution < -0.4 is 0 Å². The second-order valence-corrected chi connectivity index (χ2v) is 14.1. The molecule has 1 amide bonds. The Bertz CT molecular complexity index is 689. The summed E-state index contributed by atoms with van der Waals surface area (Å²) in [4.78, 5) is 26.9. The minimum atomic E-state index is -2.12. The van der Waals surface area contributed by atoms with E-state index in [1.165, 1.54) is 4.90 Å². The molecule has 1 aliphatic heterocycles. The fraction of sp³-hybridized carbons (Fsp3) is 0.619. The lowest BCUT2D eigenvalue weighted by Gasteiger charge is -2.40. The zero-order valence-corrected chi connectivity index (χ0v) is 19.5. The van der Waals surface area contributed by atoms with Gasteiger partial charge in [0.25, 0.3) is 0 Å². The van der Waals surface area contributed by atoms with Crippen LogP contribution in [0.3, 0.4) is 0 Å². The summed E-state index contributed by atoms with van der Waals surface area (Å²) in [5.41, 5.74) is 0.900. The summed E-state index contributed by atoms with van der Waals surface area (Å²) in [5, 5.41) is 0.00250. The number of carbonyl (C=O) groups excluding carboxylic acids is 2. The van der Waals surface area contributed by atoms with Crippen molar-refractivity contribution in [2.75, 3.05) is 12.4 Å². The van der Waals surface area contributed by atoms with E-state index >= 15 is 0 Å². The number of halogens is 1. The summed E-state index contributed by atoms with van der Waals surface area (Å²) < 4.78 is 12.0. The van der Waals surface area contributed by atoms with E-state index in [1.54, 1.807) is 0 Å². The Kier molecular flexibility index (Phi) is 7.34. The molecule has 1 aromatic rings. The number of hydrogen-bond donors (Lipinski definition) is 0. The van der Waals surface area contributed by atoms with Crippen molar-refractivity contribution in [3.05, 3.63) is 35.9 Å². The molecule has 28 heavy (non-hydrogen) atoms. The van der Waals surface area contributed by atoms with Crippen LogP contribution in [0.25, 0.3) is 0 Å². The Labute approximate surface area is 174 Å². The van der Waals surface area contributed by atoms with Crippen LogP contribution in [0.5, 0.6) is 0 Å². The van der Waals surface area contributed by atoms with Crippen LogP contribution in [-0.4, -0.2) is 49.7 Å². The van der Waals surface area contributed by atoms with Crippen LogP contribution in [0.4, 0.5) is 4.79 Å². The number of ether oxygens (including phenoxy) is 1. The first-order chi connectivity index (χ1) is 13.0. The maximum atomic E-state index is 12.8. The van der Waals surface area contributed by atoms with Crippen LogP contribution in [0.15, 0.2) is 30.3 Å². The molecule has 3 atom stereocenters. The molecule has 1 heterocycles. The van der Waals surface area contributed by atoms with Gasteiger partial charge in [0, 0.05) is 12.5 Å². The first-order valence-electron chi connectivity index (χ1n) is 9.71. The first-order valence-corrected chi connectivity index (χ1v) is 13.2. The van der Waals surface area contributed by atoms with Crippen LogP contribution in [-0.2, 0) is 20.6 Å². The standard InChI is InChI=1S/C21H32ClNO4Si/c1-15-13-23(20(25)26-14-16-10-8-7-9-11-16)18(17(24)12-22)19(15)27-28(5,6)21(2,3)4/h7-11,15,18-19H,12-14H2,1-6H3/t15-,18+,19-/m1/s1. The Morgan fingerprint density at radius 2 is 1.82 bits per heavy atom. The minimum Gasteiger partial charge on any atom is -0.445 e. The maximum Gasteiger partial charge on any atom is 0.410 e. The van der Waals surface area contributed by atoms with Gasteiger partial charge in [-0.1, -0.05) is 58.0 Å². The molecule has 1 aliphatic rings. The molecule has 1 fully saturated rings. The lowest BCUT2D eigenvalue weighted by molar-refractivity contribution is -0.122. The summed E-state index contributed by atoms with van der Waals surface area (Å²) in [6.45, 7) is 13.4. The van der Waals surface area contributed by atoms with Gasteiger partial charge in [-0.3, -0.25) is 9.69 Å². The van der Waals surface area contributed by atoms with Crippen LogP contribution in [0.2, 0.25) is 18.1 Å². The van der Waals surface area contributed by atoms with Crippen molar-refractivity contribution in [1.29, 1.82) is 0 Å². The van der Waals surface area contributed by atoms with Gasteiger partial charge in [0.05, 0.1) is 12.0 Å². The molecule has 1 saturated heterocycles. The Morgan fingerprint density at radius 1 is 1.21 bits per heavy atom. The highest BCUT2D eigenvalue weighted by molar-refractivity contribution is 6.74. The van der Waals surface area contributed by atoms with Gasteiger partial charge < -0.3 is 9.16 Å². The highest BCUT2D eigenvalue weighted by Gasteiger charge is 2.50. The normalized spacial score (nSPS) is 23.0. The van der Waals surface area contributed by atoms with Gasteiger partial charge in [0.1, 0.15) is 12.6 Å². The molecule has 5 nitrogen and oxygen atoms in total. The second-order valence-electron chi connectivity index (χ2n) is 9.06. The van der Waals surface area contributed by atoms with Gasteiger partial charge in [0.15, 0.2) is 14.1 Å². The van der Waals surface area contributed by atoms with Crippen molar-refractivity contribution < 1.29 is 18.8 Å². The monoisotopic (exact) mass is 425 g/mol. The molecule has 0 unspecified atom stereocenters. The van der Waals surface area contributed by atoms with Gasteiger partial charge in [0.2, 0.25) is 0 Å². The highest BCUT2D eigenvalue weighted by atomic mass is 35.5. The Morgan fingerprint density at radius 3 is 2.36 bits per heavy atom. The van der Waals surface area contributed by atoms with Gasteiger partial charge in [-0.15, -0.1) is 11.6 Å². The highest BCUT2D eigenvalue weighted by Crippen LogP contribution is 2.40. The minimum absolute atomic E-state index is 0.00250. The molecule has 0 aromatic heterocycles. The number of benzene rings is 1. The van der Waals surface area contributed by atoms with Crippen LogP contribution >= 0.6 is 11.6 Å². The summed E-state index contributed by atoms with van der Waals surface area (Å²) in [7, 11) is -2.12. The third kappa shape index (κ3) is 5.16. The SMILES string of the molecule is C[C@@H]1CN(C(=O)OCc2ccccc2)[C@@H](C(=O)CCl)[C@@H]1O[Si](C)(C)C(C)(C)C. The molecular weight excluding hydrogens is 394 g/mol. The molecule has 2 rings (SSSR count). The number of Topliss-reactive ketones (excluding diaryl/α,β-unsaturated/α-hetero) is 1. The Balaban J connectivity index is 2.18. The number of hydrogen-bond acceptors (Lipinski definition) is 4. The predicted molar refractivity (Wildman–Crippen MR) is 114 cm³/mol. The number of carbonyl (C=O) groups is 2. The molecule has 1 aromatic carbocycles. The van der Waals surface area contributed by atoms with E-state index in [0.29, 0.717) is 6.54 Å². The number of alkyl halides is 1. The number of amides is 1. The zero-order valence-electron chi connectivity index (χ0n) is 17.7. The molecular formula is C21H32ClNO4Si. The van der Waals surface area contributed by atoms with Crippen LogP contribution in [0.1, 0.15) is 33.3 Å². The average molecular weight is 426 g/mol. The Hall–Kier alpha value is -1.37. The summed E-state index contributed by atoms with van der Waals surface area (Å²) in [6, 6.07) is 8.78. The van der Waals surface area contributed by atoms with E-state index in [-0.39, 0.29) is 35.3 Å². The number of rotatable bonds is 6. The van der Waals surface area contributed by atoms with E-state index < -0.39 is 20.5 Å². The van der Waals surface area contributed by atoms with Crippen LogP contribution in [0, 0.1) is 5.92 Å². The summed E-state index contributed by atoms with van der Waals surface area (Å²) in [6.07, 6.45) is -0.864. The van der Waals surface area contributed by atoms with Gasteiger partial charge in [-0.05, 0) is 23.7 Å². The second kappa shape index (κ2) is 8.97. The molecule has 0 saturated carbocycles. The molecule has 156 valence electrons. The summed E-state index contributed by atoms with van der Waals surface area (Å²) >= 11 is 5.88. The lowest BCUT2D eigenvalue weighted by Crippen LogP contribution is -2.52. The van der Waals surface area contributed by atoms with Crippen molar-refractivity contribution >= 4 is 31.8 Å². The predicted octanol–water partition coefficient (Wildman–Crippen LogP) is 4.84. The van der Waals surface area contributed by atoms with Gasteiger partial charge in [-0.25, -0.2) is 4.79 Å². The van der Waals surface area contributed by atoms with E-state index in [2.05, 4.69) is 33.9 Å². The van der Waals surface area contributed by atoms with E-state index in [4.69, 9.17) is 20.8 Å². The van der Waals surface area contributed by atoms with Gasteiger partial charge >= 0.3 is 6.09 Å². The quantitative estimate of drug-likeness (QED) is 0.483. The third-order valence-corrected chi connectivity index (χ3v) is 10.6. The first kappa shape index (κ1) is 22.9. The van der Waals surface area contributed by atoms with E-state index in [1.807, 2.05) is 37.3 Å². The third-order valence-electron chi connectivity index (χ3n) is 5.83. The van der Waals surface area contributed by atoms with E-state index in [0.717, 1.165) is 5.56 Å². The molecule has 0 spiro atoms. The largest absolute Gasteiger partial charge is 0.445 e. The van der Waals surface area contributed by atoms with Crippen molar-refractivity contribution in [1.82, 2.24) is 4.90 Å². The zero-order chi connectivity index (χ0) is 21.1. The topological polar surface area (TPSA) is 55.8 Å². The van der Waals surface area contributed by atoms with E-state index in [9.17, 15) is 9.59 Å². The lowest BCUT2D eigenvalue weighted by atomic mass is 10.0. The maximum absolute atomic E-state index is 12.8. The van der Waals surface area contributed by atoms with Crippen molar-refractivity contribution in [2.45, 2.75) is 64.6 Å². The fourth-order valence-corrected chi connectivity index (χ4v) is 4.69. The molecule has 0 N–H and O–H groups in total. The average Bonchev–Trinajstić information content (AvgIpc) is 2.95. The molecule has 0 bridgehead atoms. The number of likely N-dealkylation sites (tertiary alicyclic amines) is 1. The number of nitrogens with zero attached hydrogens (tertiary/aromatic N) is 1.